The molecule has 0 saturated heterocycles. The Bertz CT molecular complexity index is 955. The number of aromatic nitrogens is 1. The topological polar surface area (TPSA) is 78.1 Å². The first-order chi connectivity index (χ1) is 12.1. The lowest BCUT2D eigenvalue weighted by Crippen LogP contribution is -1.84. The third kappa shape index (κ3) is 4.30. The molecule has 0 aliphatic carbocycles. The number of hydrogen-bond acceptors (Lipinski definition) is 5. The molecule has 0 radical (unpaired) electrons. The molecule has 0 amide bonds. The van der Waals surface area contributed by atoms with Gasteiger partial charge in [-0.05, 0) is 36.4 Å². The van der Waals surface area contributed by atoms with Gasteiger partial charge in [-0.3, -0.25) is 15.0 Å². The Labute approximate surface area is 153 Å². The first-order valence-corrected chi connectivity index (χ1v) is 8.21. The molecule has 0 bridgehead atoms. The Balaban J connectivity index is 1.90. The molecule has 1 heterocycles. The number of pyridine rings is 1. The largest absolute Gasteiger partial charge is 0.507 e. The molecule has 2 aromatic carbocycles. The molecule has 124 valence electrons. The first-order valence-electron chi connectivity index (χ1n) is 7.42. The number of phenols is 2. The van der Waals surface area contributed by atoms with Crippen molar-refractivity contribution in [1.29, 1.82) is 0 Å². The van der Waals surface area contributed by atoms with Gasteiger partial charge in [-0.2, -0.15) is 0 Å². The molecule has 0 spiro atoms. The summed E-state index contributed by atoms with van der Waals surface area (Å²) in [6, 6.07) is 13.8. The number of halogens is 1. The molecular weight excluding hydrogens is 382 g/mol. The molecule has 0 aliphatic heterocycles. The van der Waals surface area contributed by atoms with Gasteiger partial charge in [0.05, 0.1) is 11.9 Å². The fraction of sp³-hybridized carbons (Fsp3) is 0. The van der Waals surface area contributed by atoms with Crippen molar-refractivity contribution >= 4 is 39.7 Å². The summed E-state index contributed by atoms with van der Waals surface area (Å²) in [5, 5.41) is 19.7. The highest BCUT2D eigenvalue weighted by atomic mass is 79.9. The van der Waals surface area contributed by atoms with Gasteiger partial charge in [-0.1, -0.05) is 28.1 Å². The van der Waals surface area contributed by atoms with Crippen LogP contribution in [-0.2, 0) is 0 Å². The first kappa shape index (κ1) is 16.9. The maximum atomic E-state index is 9.88. The minimum Gasteiger partial charge on any atom is -0.507 e. The van der Waals surface area contributed by atoms with Gasteiger partial charge < -0.3 is 10.2 Å². The van der Waals surface area contributed by atoms with Crippen molar-refractivity contribution in [2.45, 2.75) is 0 Å². The number of para-hydroxylation sites is 1. The van der Waals surface area contributed by atoms with Crippen molar-refractivity contribution in [2.75, 3.05) is 0 Å². The predicted octanol–water partition coefficient (Wildman–Crippen LogP) is 4.76. The Hall–Kier alpha value is -2.99. The van der Waals surface area contributed by atoms with Gasteiger partial charge in [0.15, 0.2) is 0 Å². The van der Waals surface area contributed by atoms with E-state index in [4.69, 9.17) is 0 Å². The van der Waals surface area contributed by atoms with E-state index in [1.54, 1.807) is 67.3 Å². The van der Waals surface area contributed by atoms with Gasteiger partial charge in [-0.15, -0.1) is 0 Å². The fourth-order valence-corrected chi connectivity index (χ4v) is 2.47. The van der Waals surface area contributed by atoms with Gasteiger partial charge in [0.1, 0.15) is 17.2 Å². The highest BCUT2D eigenvalue weighted by Gasteiger charge is 2.02. The monoisotopic (exact) mass is 395 g/mol. The Morgan fingerprint density at radius 1 is 0.840 bits per heavy atom. The number of phenolic OH excluding ortho intramolecular Hbond substituents is 2. The van der Waals surface area contributed by atoms with Crippen molar-refractivity contribution in [3.63, 3.8) is 0 Å². The maximum Gasteiger partial charge on any atom is 0.124 e. The molecular formula is C19H14BrN3O2. The minimum atomic E-state index is 0.139. The van der Waals surface area contributed by atoms with E-state index in [9.17, 15) is 10.2 Å². The SMILES string of the molecule is Oc1ccccc1C=Nc1cnccc1N=Cc1cc(Br)ccc1O. The zero-order chi connectivity index (χ0) is 17.6. The van der Waals surface area contributed by atoms with E-state index in [-0.39, 0.29) is 11.5 Å². The highest BCUT2D eigenvalue weighted by Crippen LogP contribution is 2.28. The molecule has 0 atom stereocenters. The van der Waals surface area contributed by atoms with Crippen molar-refractivity contribution in [3.8, 4) is 11.5 Å². The molecule has 3 aromatic rings. The molecule has 0 aliphatic rings. The summed E-state index contributed by atoms with van der Waals surface area (Å²) in [6.45, 7) is 0. The van der Waals surface area contributed by atoms with Crippen LogP contribution in [0.15, 0.2) is 75.4 Å². The van der Waals surface area contributed by atoms with Crippen LogP contribution in [0.2, 0.25) is 0 Å². The van der Waals surface area contributed by atoms with Gasteiger partial charge in [0.25, 0.3) is 0 Å². The number of benzene rings is 2. The van der Waals surface area contributed by atoms with Crippen LogP contribution >= 0.6 is 15.9 Å². The molecule has 25 heavy (non-hydrogen) atoms. The van der Waals surface area contributed by atoms with Crippen molar-refractivity contribution < 1.29 is 10.2 Å². The smallest absolute Gasteiger partial charge is 0.124 e. The Morgan fingerprint density at radius 2 is 1.56 bits per heavy atom. The second-order valence-corrected chi connectivity index (χ2v) is 6.06. The third-order valence-electron chi connectivity index (χ3n) is 3.39. The number of aromatic hydroxyl groups is 2. The number of hydrogen-bond donors (Lipinski definition) is 2. The second kappa shape index (κ2) is 7.72. The van der Waals surface area contributed by atoms with E-state index in [0.717, 1.165) is 4.47 Å². The summed E-state index contributed by atoms with van der Waals surface area (Å²) in [4.78, 5) is 12.8. The number of rotatable bonds is 4. The Morgan fingerprint density at radius 3 is 2.40 bits per heavy atom. The van der Waals surface area contributed by atoms with Crippen LogP contribution in [-0.4, -0.2) is 27.6 Å². The van der Waals surface area contributed by atoms with Crippen LogP contribution in [0.25, 0.3) is 0 Å². The van der Waals surface area contributed by atoms with Gasteiger partial charge in [-0.25, -0.2) is 0 Å². The lowest BCUT2D eigenvalue weighted by atomic mass is 10.2. The van der Waals surface area contributed by atoms with Gasteiger partial charge in [0.2, 0.25) is 0 Å². The molecule has 0 saturated carbocycles. The standard InChI is InChI=1S/C19H14BrN3O2/c20-15-5-6-19(25)14(9-15)11-22-16-7-8-21-12-17(16)23-10-13-3-1-2-4-18(13)24/h1-12,24-25H. The van der Waals surface area contributed by atoms with E-state index >= 15 is 0 Å². The zero-order valence-electron chi connectivity index (χ0n) is 13.0. The summed E-state index contributed by atoms with van der Waals surface area (Å²) in [5.41, 5.74) is 2.34. The molecule has 0 fully saturated rings. The van der Waals surface area contributed by atoms with Crippen LogP contribution in [0.4, 0.5) is 11.4 Å². The van der Waals surface area contributed by atoms with E-state index in [1.165, 1.54) is 0 Å². The van der Waals surface area contributed by atoms with E-state index in [0.29, 0.717) is 22.5 Å². The fourth-order valence-electron chi connectivity index (χ4n) is 2.09. The second-order valence-electron chi connectivity index (χ2n) is 5.14. The quantitative estimate of drug-likeness (QED) is 0.625. The minimum absolute atomic E-state index is 0.139. The predicted molar refractivity (Wildman–Crippen MR) is 103 cm³/mol. The lowest BCUT2D eigenvalue weighted by molar-refractivity contribution is 0.474. The average Bonchev–Trinajstić information content (AvgIpc) is 2.62. The van der Waals surface area contributed by atoms with Crippen LogP contribution in [0, 0.1) is 0 Å². The zero-order valence-corrected chi connectivity index (χ0v) is 14.6. The molecule has 5 nitrogen and oxygen atoms in total. The van der Waals surface area contributed by atoms with Crippen LogP contribution in [0.3, 0.4) is 0 Å². The van der Waals surface area contributed by atoms with Gasteiger partial charge >= 0.3 is 0 Å². The number of aliphatic imine (C=N–C) groups is 2. The summed E-state index contributed by atoms with van der Waals surface area (Å²) in [7, 11) is 0. The van der Waals surface area contributed by atoms with Crippen LogP contribution in [0.5, 0.6) is 11.5 Å². The van der Waals surface area contributed by atoms with Crippen molar-refractivity contribution in [3.05, 3.63) is 76.5 Å². The summed E-state index contributed by atoms with van der Waals surface area (Å²) in [6.07, 6.45) is 6.33. The van der Waals surface area contributed by atoms with Crippen molar-refractivity contribution in [1.82, 2.24) is 4.98 Å². The van der Waals surface area contributed by atoms with Crippen LogP contribution < -0.4 is 0 Å². The van der Waals surface area contributed by atoms with E-state index in [1.807, 2.05) is 6.07 Å². The molecule has 0 unspecified atom stereocenters. The van der Waals surface area contributed by atoms with E-state index in [2.05, 4.69) is 30.9 Å². The summed E-state index contributed by atoms with van der Waals surface area (Å²) < 4.78 is 0.847. The Kier molecular flexibility index (Phi) is 5.20. The maximum absolute atomic E-state index is 9.88. The van der Waals surface area contributed by atoms with Crippen molar-refractivity contribution in [2.24, 2.45) is 9.98 Å². The number of nitrogens with zero attached hydrogens (tertiary/aromatic N) is 3. The van der Waals surface area contributed by atoms with Crippen LogP contribution in [0.1, 0.15) is 11.1 Å². The lowest BCUT2D eigenvalue weighted by Gasteiger charge is -2.02. The third-order valence-corrected chi connectivity index (χ3v) is 3.88. The molecule has 3 rings (SSSR count). The molecule has 1 aromatic heterocycles. The average molecular weight is 396 g/mol. The summed E-state index contributed by atoms with van der Waals surface area (Å²) in [5.74, 6) is 0.291. The highest BCUT2D eigenvalue weighted by molar-refractivity contribution is 9.10. The van der Waals surface area contributed by atoms with Gasteiger partial charge in [0, 0.05) is 34.2 Å². The van der Waals surface area contributed by atoms with E-state index < -0.39 is 0 Å². The summed E-state index contributed by atoms with van der Waals surface area (Å²) >= 11 is 3.36. The molecule has 2 N–H and O–H groups in total. The normalized spacial score (nSPS) is 11.4. The molecule has 6 heteroatoms.